The lowest BCUT2D eigenvalue weighted by atomic mass is 10.0. The Morgan fingerprint density at radius 3 is 2.25 bits per heavy atom. The number of rotatable bonds is 4. The van der Waals surface area contributed by atoms with Gasteiger partial charge in [-0.3, -0.25) is 4.79 Å². The standard InChI is InChI=1S/C14H20N2O4/c1-14(2,3)20-13(19)16-11(10(15)12(17)18)9-7-5-4-6-8-9/h4-8,10-11H,15H2,1-3H3,(H,16,19)(H,17,18)/t10-,11?/m0/s1. The number of amides is 1. The van der Waals surface area contributed by atoms with Gasteiger partial charge in [0.1, 0.15) is 11.6 Å². The molecule has 6 nitrogen and oxygen atoms in total. The number of carboxylic acids is 1. The van der Waals surface area contributed by atoms with Crippen molar-refractivity contribution < 1.29 is 19.4 Å². The minimum atomic E-state index is -1.26. The Kier molecular flexibility index (Phi) is 5.10. The molecule has 0 fully saturated rings. The van der Waals surface area contributed by atoms with E-state index >= 15 is 0 Å². The van der Waals surface area contributed by atoms with Crippen molar-refractivity contribution in [1.29, 1.82) is 0 Å². The highest BCUT2D eigenvalue weighted by molar-refractivity contribution is 5.76. The smallest absolute Gasteiger partial charge is 0.408 e. The molecule has 1 aromatic carbocycles. The first kappa shape index (κ1) is 16.0. The predicted octanol–water partition coefficient (Wildman–Crippen LogP) is 1.66. The molecule has 110 valence electrons. The third-order valence-electron chi connectivity index (χ3n) is 2.48. The van der Waals surface area contributed by atoms with Crippen molar-refractivity contribution in [3.63, 3.8) is 0 Å². The van der Waals surface area contributed by atoms with E-state index in [2.05, 4.69) is 5.32 Å². The minimum absolute atomic E-state index is 0.605. The number of hydrogen-bond acceptors (Lipinski definition) is 4. The predicted molar refractivity (Wildman–Crippen MR) is 74.2 cm³/mol. The number of alkyl carbamates (subject to hydrolysis) is 1. The van der Waals surface area contributed by atoms with Gasteiger partial charge in [0.15, 0.2) is 0 Å². The zero-order chi connectivity index (χ0) is 15.3. The molecule has 20 heavy (non-hydrogen) atoms. The third kappa shape index (κ3) is 4.89. The highest BCUT2D eigenvalue weighted by Crippen LogP contribution is 2.17. The molecule has 4 N–H and O–H groups in total. The first-order valence-corrected chi connectivity index (χ1v) is 6.23. The molecule has 0 aliphatic heterocycles. The SMILES string of the molecule is CC(C)(C)OC(=O)NC(c1ccccc1)[C@H](N)C(=O)O. The fourth-order valence-electron chi connectivity index (χ4n) is 1.62. The highest BCUT2D eigenvalue weighted by Gasteiger charge is 2.29. The number of carbonyl (C=O) groups is 2. The van der Waals surface area contributed by atoms with Crippen LogP contribution in [0.15, 0.2) is 30.3 Å². The monoisotopic (exact) mass is 280 g/mol. The summed E-state index contributed by atoms with van der Waals surface area (Å²) in [4.78, 5) is 22.9. The molecule has 0 saturated heterocycles. The number of ether oxygens (including phenoxy) is 1. The lowest BCUT2D eigenvalue weighted by Gasteiger charge is -2.25. The Morgan fingerprint density at radius 2 is 1.80 bits per heavy atom. The van der Waals surface area contributed by atoms with Gasteiger partial charge in [-0.2, -0.15) is 0 Å². The first-order chi connectivity index (χ1) is 9.20. The average molecular weight is 280 g/mol. The number of aliphatic carboxylic acids is 1. The zero-order valence-electron chi connectivity index (χ0n) is 11.8. The van der Waals surface area contributed by atoms with Gasteiger partial charge in [0, 0.05) is 0 Å². The summed E-state index contributed by atoms with van der Waals surface area (Å²) in [6.45, 7) is 5.17. The van der Waals surface area contributed by atoms with Gasteiger partial charge in [-0.05, 0) is 26.3 Å². The maximum atomic E-state index is 11.8. The van der Waals surface area contributed by atoms with Gasteiger partial charge in [-0.25, -0.2) is 4.79 Å². The molecule has 6 heteroatoms. The summed E-state index contributed by atoms with van der Waals surface area (Å²) in [5, 5.41) is 11.5. The summed E-state index contributed by atoms with van der Waals surface area (Å²) in [6, 6.07) is 6.56. The van der Waals surface area contributed by atoms with Gasteiger partial charge < -0.3 is 20.9 Å². The van der Waals surface area contributed by atoms with Crippen molar-refractivity contribution in [2.75, 3.05) is 0 Å². The van der Waals surface area contributed by atoms with Crippen molar-refractivity contribution in [1.82, 2.24) is 5.32 Å². The zero-order valence-corrected chi connectivity index (χ0v) is 11.8. The summed E-state index contributed by atoms with van der Waals surface area (Å²) in [6.07, 6.45) is -0.706. The summed E-state index contributed by atoms with van der Waals surface area (Å²) < 4.78 is 5.12. The number of benzene rings is 1. The van der Waals surface area contributed by atoms with Gasteiger partial charge in [-0.15, -0.1) is 0 Å². The van der Waals surface area contributed by atoms with Crippen molar-refractivity contribution in [3.8, 4) is 0 Å². The number of carboxylic acid groups (broad SMARTS) is 1. The van der Waals surface area contributed by atoms with Crippen molar-refractivity contribution in [3.05, 3.63) is 35.9 Å². The molecule has 0 aliphatic rings. The molecular weight excluding hydrogens is 260 g/mol. The van der Waals surface area contributed by atoms with E-state index in [4.69, 9.17) is 15.6 Å². The van der Waals surface area contributed by atoms with Crippen LogP contribution in [-0.4, -0.2) is 28.8 Å². The second-order valence-electron chi connectivity index (χ2n) is 5.40. The molecular formula is C14H20N2O4. The van der Waals surface area contributed by atoms with Crippen LogP contribution in [-0.2, 0) is 9.53 Å². The van der Waals surface area contributed by atoms with Crippen molar-refractivity contribution >= 4 is 12.1 Å². The van der Waals surface area contributed by atoms with E-state index in [1.807, 2.05) is 0 Å². The summed E-state index contributed by atoms with van der Waals surface area (Å²) >= 11 is 0. The van der Waals surface area contributed by atoms with E-state index in [0.717, 1.165) is 0 Å². The number of hydrogen-bond donors (Lipinski definition) is 3. The molecule has 2 atom stereocenters. The van der Waals surface area contributed by atoms with Crippen LogP contribution in [0.2, 0.25) is 0 Å². The second-order valence-corrected chi connectivity index (χ2v) is 5.40. The van der Waals surface area contributed by atoms with Gasteiger partial charge in [0.25, 0.3) is 0 Å². The normalized spacial score (nSPS) is 14.2. The van der Waals surface area contributed by atoms with E-state index in [0.29, 0.717) is 5.56 Å². The van der Waals surface area contributed by atoms with Crippen molar-refractivity contribution in [2.45, 2.75) is 38.5 Å². The average Bonchev–Trinajstić information content (AvgIpc) is 2.34. The molecule has 0 aliphatic carbocycles. The third-order valence-corrected chi connectivity index (χ3v) is 2.48. The Bertz CT molecular complexity index is 468. The number of carbonyl (C=O) groups excluding carboxylic acids is 1. The number of nitrogens with two attached hydrogens (primary N) is 1. The second kappa shape index (κ2) is 6.38. The van der Waals surface area contributed by atoms with Gasteiger partial charge in [0.05, 0.1) is 6.04 Å². The molecule has 0 bridgehead atoms. The van der Waals surface area contributed by atoms with Gasteiger partial charge in [0.2, 0.25) is 0 Å². The molecule has 1 aromatic rings. The van der Waals surface area contributed by atoms with E-state index in [9.17, 15) is 9.59 Å². The molecule has 0 spiro atoms. The topological polar surface area (TPSA) is 102 Å². The Hall–Kier alpha value is -2.08. The van der Waals surface area contributed by atoms with Crippen LogP contribution in [0.3, 0.4) is 0 Å². The summed E-state index contributed by atoms with van der Waals surface area (Å²) in [5.41, 5.74) is 5.57. The molecule has 0 radical (unpaired) electrons. The van der Waals surface area contributed by atoms with E-state index in [1.165, 1.54) is 0 Å². The van der Waals surface area contributed by atoms with Crippen LogP contribution < -0.4 is 11.1 Å². The quantitative estimate of drug-likeness (QED) is 0.778. The first-order valence-electron chi connectivity index (χ1n) is 6.23. The highest BCUT2D eigenvalue weighted by atomic mass is 16.6. The fraction of sp³-hybridized carbons (Fsp3) is 0.429. The van der Waals surface area contributed by atoms with Crippen LogP contribution in [0.4, 0.5) is 4.79 Å². The fourth-order valence-corrected chi connectivity index (χ4v) is 1.62. The maximum absolute atomic E-state index is 11.8. The minimum Gasteiger partial charge on any atom is -0.480 e. The van der Waals surface area contributed by atoms with Crippen LogP contribution >= 0.6 is 0 Å². The Labute approximate surface area is 117 Å². The molecule has 0 aromatic heterocycles. The van der Waals surface area contributed by atoms with E-state index in [-0.39, 0.29) is 0 Å². The summed E-state index contributed by atoms with van der Waals surface area (Å²) in [5.74, 6) is -1.20. The largest absolute Gasteiger partial charge is 0.480 e. The summed E-state index contributed by atoms with van der Waals surface area (Å²) in [7, 11) is 0. The molecule has 0 saturated carbocycles. The molecule has 0 heterocycles. The van der Waals surface area contributed by atoms with Crippen LogP contribution in [0.5, 0.6) is 0 Å². The lowest BCUT2D eigenvalue weighted by Crippen LogP contribution is -2.46. The van der Waals surface area contributed by atoms with E-state index < -0.39 is 29.7 Å². The van der Waals surface area contributed by atoms with Crippen LogP contribution in [0.1, 0.15) is 32.4 Å². The lowest BCUT2D eigenvalue weighted by molar-refractivity contribution is -0.139. The molecule has 1 rings (SSSR count). The van der Waals surface area contributed by atoms with E-state index in [1.54, 1.807) is 51.1 Å². The Morgan fingerprint density at radius 1 is 1.25 bits per heavy atom. The van der Waals surface area contributed by atoms with Crippen LogP contribution in [0, 0.1) is 0 Å². The maximum Gasteiger partial charge on any atom is 0.408 e. The van der Waals surface area contributed by atoms with Crippen LogP contribution in [0.25, 0.3) is 0 Å². The Balaban J connectivity index is 2.90. The number of nitrogens with one attached hydrogen (secondary N) is 1. The van der Waals surface area contributed by atoms with Gasteiger partial charge >= 0.3 is 12.1 Å². The molecule has 1 amide bonds. The molecule has 1 unspecified atom stereocenters. The van der Waals surface area contributed by atoms with Crippen molar-refractivity contribution in [2.24, 2.45) is 5.73 Å². The van der Waals surface area contributed by atoms with Gasteiger partial charge in [-0.1, -0.05) is 30.3 Å².